The number of phenols is 1. The van der Waals surface area contributed by atoms with Crippen molar-refractivity contribution in [2.45, 2.75) is 20.4 Å². The minimum absolute atomic E-state index is 0.287. The fourth-order valence-electron chi connectivity index (χ4n) is 2.60. The van der Waals surface area contributed by atoms with Gasteiger partial charge in [-0.3, -0.25) is 0 Å². The maximum Gasteiger partial charge on any atom is 0.144 e. The first-order chi connectivity index (χ1) is 10.2. The topological polar surface area (TPSA) is 47.3 Å². The minimum Gasteiger partial charge on any atom is -0.507 e. The molecular formula is C17H18N2O2. The lowest BCUT2D eigenvalue weighted by Crippen LogP contribution is -1.98. The molecular weight excluding hydrogens is 264 g/mol. The predicted molar refractivity (Wildman–Crippen MR) is 83.8 cm³/mol. The molecule has 1 N–H and O–H groups in total. The van der Waals surface area contributed by atoms with E-state index in [1.165, 1.54) is 0 Å². The Hall–Kier alpha value is -2.49. The van der Waals surface area contributed by atoms with Crippen molar-refractivity contribution in [3.8, 4) is 22.9 Å². The molecule has 4 nitrogen and oxygen atoms in total. The zero-order valence-corrected chi connectivity index (χ0v) is 12.4. The van der Waals surface area contributed by atoms with Crippen LogP contribution in [0.25, 0.3) is 22.4 Å². The van der Waals surface area contributed by atoms with Crippen LogP contribution in [0.5, 0.6) is 11.5 Å². The molecule has 2 aromatic carbocycles. The number of ether oxygens (including phenoxy) is 1. The highest BCUT2D eigenvalue weighted by molar-refractivity contribution is 5.83. The fraction of sp³-hybridized carbons (Fsp3) is 0.235. The standard InChI is InChI=1S/C17H18N2O2/c1-4-19-15-9-8-12(21-3)10-14(15)18-17(19)13-7-5-6-11(2)16(13)20/h5-10,20H,4H2,1-3H3. The lowest BCUT2D eigenvalue weighted by atomic mass is 10.1. The zero-order chi connectivity index (χ0) is 15.0. The third-order valence-electron chi connectivity index (χ3n) is 3.75. The van der Waals surface area contributed by atoms with Crippen LogP contribution in [-0.4, -0.2) is 21.8 Å². The van der Waals surface area contributed by atoms with E-state index in [9.17, 15) is 5.11 Å². The minimum atomic E-state index is 0.287. The summed E-state index contributed by atoms with van der Waals surface area (Å²) >= 11 is 0. The summed E-state index contributed by atoms with van der Waals surface area (Å²) in [5.41, 5.74) is 3.51. The number of phenolic OH excluding ortho intramolecular Hbond substituents is 1. The summed E-state index contributed by atoms with van der Waals surface area (Å²) in [6.07, 6.45) is 0. The highest BCUT2D eigenvalue weighted by Gasteiger charge is 2.15. The van der Waals surface area contributed by atoms with E-state index in [1.807, 2.05) is 43.3 Å². The molecule has 108 valence electrons. The molecule has 0 bridgehead atoms. The fourth-order valence-corrected chi connectivity index (χ4v) is 2.60. The highest BCUT2D eigenvalue weighted by atomic mass is 16.5. The molecule has 0 spiro atoms. The number of aromatic hydroxyl groups is 1. The van der Waals surface area contributed by atoms with Crippen molar-refractivity contribution in [2.24, 2.45) is 0 Å². The number of hydrogen-bond acceptors (Lipinski definition) is 3. The van der Waals surface area contributed by atoms with Gasteiger partial charge in [0.25, 0.3) is 0 Å². The van der Waals surface area contributed by atoms with Gasteiger partial charge in [0.05, 0.1) is 23.7 Å². The van der Waals surface area contributed by atoms with Gasteiger partial charge in [-0.15, -0.1) is 0 Å². The molecule has 0 fully saturated rings. The lowest BCUT2D eigenvalue weighted by molar-refractivity contribution is 0.415. The monoisotopic (exact) mass is 282 g/mol. The van der Waals surface area contributed by atoms with E-state index in [-0.39, 0.29) is 5.75 Å². The lowest BCUT2D eigenvalue weighted by Gasteiger charge is -2.09. The third kappa shape index (κ3) is 2.13. The van der Waals surface area contributed by atoms with E-state index >= 15 is 0 Å². The van der Waals surface area contributed by atoms with E-state index < -0.39 is 0 Å². The molecule has 0 amide bonds. The first-order valence-corrected chi connectivity index (χ1v) is 6.99. The van der Waals surface area contributed by atoms with E-state index in [2.05, 4.69) is 16.5 Å². The summed E-state index contributed by atoms with van der Waals surface area (Å²) in [5.74, 6) is 1.85. The van der Waals surface area contributed by atoms with Gasteiger partial charge in [0, 0.05) is 12.6 Å². The van der Waals surface area contributed by atoms with Gasteiger partial charge in [0.15, 0.2) is 0 Å². The largest absolute Gasteiger partial charge is 0.507 e. The van der Waals surface area contributed by atoms with Crippen LogP contribution in [0, 0.1) is 6.92 Å². The van der Waals surface area contributed by atoms with Gasteiger partial charge in [-0.05, 0) is 37.6 Å². The molecule has 4 heteroatoms. The van der Waals surface area contributed by atoms with Crippen molar-refractivity contribution in [2.75, 3.05) is 7.11 Å². The molecule has 0 aliphatic rings. The Bertz CT molecular complexity index is 806. The Morgan fingerprint density at radius 2 is 2.05 bits per heavy atom. The SMILES string of the molecule is CCn1c(-c2cccc(C)c2O)nc2cc(OC)ccc21. The Morgan fingerprint density at radius 1 is 1.24 bits per heavy atom. The molecule has 3 rings (SSSR count). The second kappa shape index (κ2) is 5.13. The number of para-hydroxylation sites is 1. The molecule has 1 aromatic heterocycles. The summed E-state index contributed by atoms with van der Waals surface area (Å²) in [6.45, 7) is 4.74. The average molecular weight is 282 g/mol. The molecule has 1 heterocycles. The maximum absolute atomic E-state index is 10.3. The molecule has 0 aliphatic heterocycles. The van der Waals surface area contributed by atoms with E-state index in [0.717, 1.165) is 40.3 Å². The molecule has 3 aromatic rings. The highest BCUT2D eigenvalue weighted by Crippen LogP contribution is 2.34. The number of aryl methyl sites for hydroxylation is 2. The molecule has 21 heavy (non-hydrogen) atoms. The van der Waals surface area contributed by atoms with E-state index in [1.54, 1.807) is 7.11 Å². The molecule has 0 saturated carbocycles. The van der Waals surface area contributed by atoms with Crippen LogP contribution in [0.1, 0.15) is 12.5 Å². The van der Waals surface area contributed by atoms with Gasteiger partial charge >= 0.3 is 0 Å². The van der Waals surface area contributed by atoms with Crippen LogP contribution in [0.4, 0.5) is 0 Å². The van der Waals surface area contributed by atoms with Gasteiger partial charge in [0.2, 0.25) is 0 Å². The Morgan fingerprint density at radius 3 is 2.76 bits per heavy atom. The summed E-state index contributed by atoms with van der Waals surface area (Å²) in [7, 11) is 1.64. The van der Waals surface area contributed by atoms with Crippen LogP contribution in [-0.2, 0) is 6.54 Å². The number of benzene rings is 2. The quantitative estimate of drug-likeness (QED) is 0.796. The number of rotatable bonds is 3. The normalized spacial score (nSPS) is 11.0. The second-order valence-corrected chi connectivity index (χ2v) is 5.01. The van der Waals surface area contributed by atoms with Crippen molar-refractivity contribution >= 4 is 11.0 Å². The Balaban J connectivity index is 2.29. The van der Waals surface area contributed by atoms with Gasteiger partial charge in [-0.25, -0.2) is 4.98 Å². The van der Waals surface area contributed by atoms with Crippen molar-refractivity contribution in [1.82, 2.24) is 9.55 Å². The number of nitrogens with zero attached hydrogens (tertiary/aromatic N) is 2. The second-order valence-electron chi connectivity index (χ2n) is 5.01. The Labute approximate surface area is 123 Å². The molecule has 0 atom stereocenters. The van der Waals surface area contributed by atoms with Crippen LogP contribution < -0.4 is 4.74 Å². The smallest absolute Gasteiger partial charge is 0.144 e. The number of imidazole rings is 1. The number of methoxy groups -OCH3 is 1. The molecule has 0 unspecified atom stereocenters. The van der Waals surface area contributed by atoms with E-state index in [4.69, 9.17) is 4.74 Å². The van der Waals surface area contributed by atoms with Gasteiger partial charge in [0.1, 0.15) is 17.3 Å². The first-order valence-electron chi connectivity index (χ1n) is 6.99. The number of hydrogen-bond donors (Lipinski definition) is 1. The number of fused-ring (bicyclic) bond motifs is 1. The third-order valence-corrected chi connectivity index (χ3v) is 3.75. The molecule has 0 radical (unpaired) electrons. The van der Waals surface area contributed by atoms with Crippen molar-refractivity contribution in [3.63, 3.8) is 0 Å². The summed E-state index contributed by atoms with van der Waals surface area (Å²) in [4.78, 5) is 4.69. The van der Waals surface area contributed by atoms with Gasteiger partial charge in [-0.2, -0.15) is 0 Å². The summed E-state index contributed by atoms with van der Waals surface area (Å²) in [6, 6.07) is 11.6. The van der Waals surface area contributed by atoms with Crippen LogP contribution in [0.2, 0.25) is 0 Å². The van der Waals surface area contributed by atoms with Crippen LogP contribution in [0.15, 0.2) is 36.4 Å². The average Bonchev–Trinajstić information content (AvgIpc) is 2.87. The molecule has 0 saturated heterocycles. The zero-order valence-electron chi connectivity index (χ0n) is 12.4. The maximum atomic E-state index is 10.3. The van der Waals surface area contributed by atoms with Gasteiger partial charge < -0.3 is 14.4 Å². The first kappa shape index (κ1) is 13.5. The van der Waals surface area contributed by atoms with Crippen molar-refractivity contribution < 1.29 is 9.84 Å². The van der Waals surface area contributed by atoms with Gasteiger partial charge in [-0.1, -0.05) is 12.1 Å². The Kier molecular flexibility index (Phi) is 3.29. The van der Waals surface area contributed by atoms with Crippen molar-refractivity contribution in [3.05, 3.63) is 42.0 Å². The summed E-state index contributed by atoms with van der Waals surface area (Å²) in [5, 5.41) is 10.3. The van der Waals surface area contributed by atoms with Crippen LogP contribution in [0.3, 0.4) is 0 Å². The summed E-state index contributed by atoms with van der Waals surface area (Å²) < 4.78 is 7.36. The molecule has 0 aliphatic carbocycles. The van der Waals surface area contributed by atoms with Crippen molar-refractivity contribution in [1.29, 1.82) is 0 Å². The number of aromatic nitrogens is 2. The van der Waals surface area contributed by atoms with E-state index in [0.29, 0.717) is 0 Å². The van der Waals surface area contributed by atoms with Crippen LogP contribution >= 0.6 is 0 Å². The predicted octanol–water partition coefficient (Wildman–Crippen LogP) is 3.75.